The van der Waals surface area contributed by atoms with E-state index in [9.17, 15) is 4.21 Å². The standard InChI is InChI=1S/C12H20N2O2S/c1-3-16-12-8-10(13)7-11(9-12)14-5-6-17(15)4-2/h7-9,14H,3-6,13H2,1-2H3. The third kappa shape index (κ3) is 5.08. The molecule has 0 amide bonds. The molecule has 1 rings (SSSR count). The highest BCUT2D eigenvalue weighted by atomic mass is 32.2. The number of rotatable bonds is 7. The van der Waals surface area contributed by atoms with Gasteiger partial charge in [0.25, 0.3) is 0 Å². The Morgan fingerprint density at radius 1 is 1.35 bits per heavy atom. The van der Waals surface area contributed by atoms with Crippen LogP contribution in [0.2, 0.25) is 0 Å². The lowest BCUT2D eigenvalue weighted by atomic mass is 10.2. The second kappa shape index (κ2) is 7.17. The van der Waals surface area contributed by atoms with Crippen molar-refractivity contribution in [1.82, 2.24) is 0 Å². The first-order chi connectivity index (χ1) is 8.15. The topological polar surface area (TPSA) is 64.3 Å². The highest BCUT2D eigenvalue weighted by Gasteiger charge is 2.00. The lowest BCUT2D eigenvalue weighted by molar-refractivity contribution is 0.340. The van der Waals surface area contributed by atoms with Crippen LogP contribution in [0.4, 0.5) is 11.4 Å². The molecule has 4 nitrogen and oxygen atoms in total. The lowest BCUT2D eigenvalue weighted by Gasteiger charge is -2.10. The maximum Gasteiger partial charge on any atom is 0.123 e. The van der Waals surface area contributed by atoms with Gasteiger partial charge in [0.15, 0.2) is 0 Å². The molecule has 0 saturated carbocycles. The summed E-state index contributed by atoms with van der Waals surface area (Å²) in [5, 5.41) is 3.20. The second-order valence-electron chi connectivity index (χ2n) is 3.58. The maximum absolute atomic E-state index is 11.3. The van der Waals surface area contributed by atoms with Crippen LogP contribution in [0.3, 0.4) is 0 Å². The van der Waals surface area contributed by atoms with Crippen molar-refractivity contribution in [3.05, 3.63) is 18.2 Å². The molecule has 0 aliphatic rings. The molecular weight excluding hydrogens is 236 g/mol. The van der Waals surface area contributed by atoms with Gasteiger partial charge in [-0.05, 0) is 13.0 Å². The molecule has 0 fully saturated rings. The molecule has 0 aliphatic carbocycles. The molecule has 1 atom stereocenters. The quantitative estimate of drug-likeness (QED) is 0.731. The molecule has 0 radical (unpaired) electrons. The summed E-state index contributed by atoms with van der Waals surface area (Å²) in [6.45, 7) is 5.14. The Morgan fingerprint density at radius 3 is 2.76 bits per heavy atom. The van der Waals surface area contributed by atoms with E-state index in [2.05, 4.69) is 5.32 Å². The first kappa shape index (κ1) is 13.8. The second-order valence-corrected chi connectivity index (χ2v) is 5.45. The molecule has 0 spiro atoms. The number of ether oxygens (including phenoxy) is 1. The molecule has 0 heterocycles. The molecule has 5 heteroatoms. The molecule has 96 valence electrons. The van der Waals surface area contributed by atoms with E-state index in [1.54, 1.807) is 6.07 Å². The van der Waals surface area contributed by atoms with E-state index in [0.717, 1.165) is 11.4 Å². The Balaban J connectivity index is 2.55. The van der Waals surface area contributed by atoms with Gasteiger partial charge in [-0.15, -0.1) is 0 Å². The highest BCUT2D eigenvalue weighted by Crippen LogP contribution is 2.22. The predicted octanol–water partition coefficient (Wildman–Crippen LogP) is 1.85. The summed E-state index contributed by atoms with van der Waals surface area (Å²) in [5.41, 5.74) is 7.33. The van der Waals surface area contributed by atoms with Crippen molar-refractivity contribution >= 4 is 22.2 Å². The number of nitrogens with one attached hydrogen (secondary N) is 1. The minimum Gasteiger partial charge on any atom is -0.494 e. The van der Waals surface area contributed by atoms with Crippen LogP contribution in [-0.4, -0.2) is 28.9 Å². The molecule has 0 saturated heterocycles. The average Bonchev–Trinajstić information content (AvgIpc) is 2.28. The van der Waals surface area contributed by atoms with Crippen LogP contribution in [0.25, 0.3) is 0 Å². The van der Waals surface area contributed by atoms with Crippen LogP contribution >= 0.6 is 0 Å². The Morgan fingerprint density at radius 2 is 2.12 bits per heavy atom. The van der Waals surface area contributed by atoms with E-state index < -0.39 is 10.8 Å². The van der Waals surface area contributed by atoms with Gasteiger partial charge in [0, 0.05) is 52.4 Å². The Kier molecular flexibility index (Phi) is 5.83. The molecule has 1 unspecified atom stereocenters. The normalized spacial score (nSPS) is 12.1. The van der Waals surface area contributed by atoms with Crippen LogP contribution in [0.15, 0.2) is 18.2 Å². The van der Waals surface area contributed by atoms with Crippen LogP contribution < -0.4 is 15.8 Å². The van der Waals surface area contributed by atoms with Crippen LogP contribution in [0.1, 0.15) is 13.8 Å². The number of nitrogens with two attached hydrogens (primary N) is 1. The molecule has 0 bridgehead atoms. The average molecular weight is 256 g/mol. The van der Waals surface area contributed by atoms with Gasteiger partial charge in [0.05, 0.1) is 6.61 Å². The van der Waals surface area contributed by atoms with Crippen LogP contribution in [0.5, 0.6) is 5.75 Å². The summed E-state index contributed by atoms with van der Waals surface area (Å²) in [6, 6.07) is 5.53. The van der Waals surface area contributed by atoms with E-state index in [1.807, 2.05) is 26.0 Å². The first-order valence-corrected chi connectivity index (χ1v) is 7.26. The Hall–Kier alpha value is -1.23. The van der Waals surface area contributed by atoms with Crippen molar-refractivity contribution < 1.29 is 8.95 Å². The van der Waals surface area contributed by atoms with Gasteiger partial charge in [-0.2, -0.15) is 0 Å². The SMILES string of the molecule is CCOc1cc(N)cc(NCCS(=O)CC)c1. The number of benzene rings is 1. The van der Waals surface area contributed by atoms with Crippen LogP contribution in [-0.2, 0) is 10.8 Å². The zero-order valence-electron chi connectivity index (χ0n) is 10.4. The zero-order chi connectivity index (χ0) is 12.7. The van der Waals surface area contributed by atoms with Gasteiger partial charge in [0.1, 0.15) is 5.75 Å². The number of hydrogen-bond acceptors (Lipinski definition) is 4. The fraction of sp³-hybridized carbons (Fsp3) is 0.500. The van der Waals surface area contributed by atoms with Crippen molar-refractivity contribution in [2.45, 2.75) is 13.8 Å². The van der Waals surface area contributed by atoms with Gasteiger partial charge in [-0.25, -0.2) is 0 Å². The van der Waals surface area contributed by atoms with Gasteiger partial charge in [-0.3, -0.25) is 4.21 Å². The van der Waals surface area contributed by atoms with Crippen molar-refractivity contribution in [3.8, 4) is 5.75 Å². The van der Waals surface area contributed by atoms with Crippen molar-refractivity contribution in [2.24, 2.45) is 0 Å². The molecule has 1 aromatic rings. The van der Waals surface area contributed by atoms with E-state index >= 15 is 0 Å². The van der Waals surface area contributed by atoms with Gasteiger partial charge >= 0.3 is 0 Å². The van der Waals surface area contributed by atoms with Gasteiger partial charge in [-0.1, -0.05) is 6.92 Å². The van der Waals surface area contributed by atoms with E-state index in [0.29, 0.717) is 30.3 Å². The summed E-state index contributed by atoms with van der Waals surface area (Å²) < 4.78 is 16.7. The fourth-order valence-electron chi connectivity index (χ4n) is 1.43. The molecule has 17 heavy (non-hydrogen) atoms. The number of anilines is 2. The summed E-state index contributed by atoms with van der Waals surface area (Å²) in [4.78, 5) is 0. The Labute approximate surface area is 105 Å². The number of nitrogen functional groups attached to an aromatic ring is 1. The lowest BCUT2D eigenvalue weighted by Crippen LogP contribution is -2.12. The van der Waals surface area contributed by atoms with Gasteiger partial charge in [0.2, 0.25) is 0 Å². The third-order valence-corrected chi connectivity index (χ3v) is 3.52. The van der Waals surface area contributed by atoms with E-state index in [4.69, 9.17) is 10.5 Å². The Bertz CT molecular complexity index is 383. The summed E-state index contributed by atoms with van der Waals surface area (Å²) >= 11 is 0. The maximum atomic E-state index is 11.3. The minimum absolute atomic E-state index is 0.614. The first-order valence-electron chi connectivity index (χ1n) is 5.78. The third-order valence-electron chi connectivity index (χ3n) is 2.22. The van der Waals surface area contributed by atoms with Crippen LogP contribution in [0, 0.1) is 0 Å². The summed E-state index contributed by atoms with van der Waals surface area (Å²) in [7, 11) is -0.740. The fourth-order valence-corrected chi connectivity index (χ4v) is 2.05. The van der Waals surface area contributed by atoms with Crippen molar-refractivity contribution in [3.63, 3.8) is 0 Å². The molecular formula is C12H20N2O2S. The summed E-state index contributed by atoms with van der Waals surface area (Å²) in [5.74, 6) is 2.10. The summed E-state index contributed by atoms with van der Waals surface area (Å²) in [6.07, 6.45) is 0. The van der Waals surface area contributed by atoms with Crippen molar-refractivity contribution in [2.75, 3.05) is 35.7 Å². The van der Waals surface area contributed by atoms with Gasteiger partial charge < -0.3 is 15.8 Å². The van der Waals surface area contributed by atoms with E-state index in [1.165, 1.54) is 0 Å². The van der Waals surface area contributed by atoms with Crippen molar-refractivity contribution in [1.29, 1.82) is 0 Å². The zero-order valence-corrected chi connectivity index (χ0v) is 11.2. The monoisotopic (exact) mass is 256 g/mol. The molecule has 3 N–H and O–H groups in total. The van der Waals surface area contributed by atoms with E-state index in [-0.39, 0.29) is 0 Å². The smallest absolute Gasteiger partial charge is 0.123 e. The predicted molar refractivity (Wildman–Crippen MR) is 74.1 cm³/mol. The number of hydrogen-bond donors (Lipinski definition) is 2. The molecule has 1 aromatic carbocycles. The molecule has 0 aromatic heterocycles. The highest BCUT2D eigenvalue weighted by molar-refractivity contribution is 7.84. The molecule has 0 aliphatic heterocycles. The largest absolute Gasteiger partial charge is 0.494 e. The minimum atomic E-state index is -0.740.